The topological polar surface area (TPSA) is 69.2 Å². The average Bonchev–Trinajstić information content (AvgIpc) is 3.26. The van der Waals surface area contributed by atoms with E-state index in [2.05, 4.69) is 51.1 Å². The Balaban J connectivity index is 0.000000913. The molecule has 0 unspecified atom stereocenters. The molecule has 0 radical (unpaired) electrons. The lowest BCUT2D eigenvalue weighted by atomic mass is 9.86. The Morgan fingerprint density at radius 3 is 2.56 bits per heavy atom. The monoisotopic (exact) mass is 454 g/mol. The van der Waals surface area contributed by atoms with E-state index in [1.807, 2.05) is 30.3 Å². The highest BCUT2D eigenvalue weighted by Gasteiger charge is 2.25. The summed E-state index contributed by atoms with van der Waals surface area (Å²) < 4.78 is 6.17. The first-order valence-corrected chi connectivity index (χ1v) is 12.8. The van der Waals surface area contributed by atoms with E-state index in [4.69, 9.17) is 4.98 Å². The summed E-state index contributed by atoms with van der Waals surface area (Å²) in [5.41, 5.74) is 3.21. The highest BCUT2D eigenvalue weighted by atomic mass is 32.2. The van der Waals surface area contributed by atoms with Gasteiger partial charge < -0.3 is 4.98 Å². The molecule has 0 atom stereocenters. The van der Waals surface area contributed by atoms with Crippen LogP contribution in [0.5, 0.6) is 0 Å². The highest BCUT2D eigenvalue weighted by Crippen LogP contribution is 2.33. The van der Waals surface area contributed by atoms with Crippen molar-refractivity contribution in [2.45, 2.75) is 77.2 Å². The highest BCUT2D eigenvalue weighted by molar-refractivity contribution is 7.95. The Morgan fingerprint density at radius 2 is 1.91 bits per heavy atom. The van der Waals surface area contributed by atoms with Crippen molar-refractivity contribution in [2.24, 2.45) is 4.99 Å². The predicted octanol–water partition coefficient (Wildman–Crippen LogP) is 6.27. The van der Waals surface area contributed by atoms with Crippen molar-refractivity contribution in [3.63, 3.8) is 0 Å². The first-order valence-electron chi connectivity index (χ1n) is 12.0. The number of pyridine rings is 1. The van der Waals surface area contributed by atoms with Gasteiger partial charge >= 0.3 is 0 Å². The molecule has 1 aliphatic carbocycles. The number of aromatic nitrogens is 3. The van der Waals surface area contributed by atoms with Gasteiger partial charge in [-0.05, 0) is 63.5 Å². The lowest BCUT2D eigenvalue weighted by molar-refractivity contribution is 0.355. The van der Waals surface area contributed by atoms with Crippen LogP contribution in [0.15, 0.2) is 35.9 Å². The van der Waals surface area contributed by atoms with Crippen molar-refractivity contribution in [2.75, 3.05) is 13.1 Å². The van der Waals surface area contributed by atoms with Crippen molar-refractivity contribution in [1.82, 2.24) is 24.0 Å². The molecule has 174 valence electrons. The number of piperidine rings is 1. The second-order valence-electron chi connectivity index (χ2n) is 8.59. The molecule has 1 aliphatic heterocycles. The summed E-state index contributed by atoms with van der Waals surface area (Å²) in [6.45, 7) is 14.0. The number of rotatable bonds is 7. The molecular weight excluding hydrogens is 416 g/mol. The van der Waals surface area contributed by atoms with E-state index >= 15 is 0 Å². The Hall–Kier alpha value is -1.96. The summed E-state index contributed by atoms with van der Waals surface area (Å²) >= 11 is 1.84. The normalized spacial score (nSPS) is 22.2. The summed E-state index contributed by atoms with van der Waals surface area (Å²) in [7, 11) is 0. The van der Waals surface area contributed by atoms with Gasteiger partial charge in [0.1, 0.15) is 5.82 Å². The molecule has 1 saturated carbocycles. The van der Waals surface area contributed by atoms with Crippen LogP contribution in [0.3, 0.4) is 0 Å². The van der Waals surface area contributed by atoms with Crippen molar-refractivity contribution >= 4 is 35.7 Å². The molecule has 7 heteroatoms. The maximum atomic E-state index is 4.80. The van der Waals surface area contributed by atoms with Crippen LogP contribution < -0.4 is 4.72 Å². The minimum absolute atomic E-state index is 0.478. The van der Waals surface area contributed by atoms with Crippen LogP contribution in [0, 0.1) is 0 Å². The van der Waals surface area contributed by atoms with Crippen LogP contribution in [0.25, 0.3) is 16.9 Å². The van der Waals surface area contributed by atoms with Crippen molar-refractivity contribution < 1.29 is 0 Å². The quantitative estimate of drug-likeness (QED) is 0.293. The Morgan fingerprint density at radius 1 is 1.19 bits per heavy atom. The number of fused-ring (bicyclic) bond motifs is 1. The number of nitrogens with zero attached hydrogens (tertiary/aromatic N) is 4. The molecule has 0 amide bonds. The van der Waals surface area contributed by atoms with E-state index in [0.29, 0.717) is 17.7 Å². The van der Waals surface area contributed by atoms with E-state index in [1.165, 1.54) is 51.6 Å². The number of imidazole rings is 1. The van der Waals surface area contributed by atoms with Gasteiger partial charge in [-0.25, -0.2) is 19.0 Å². The molecule has 6 nitrogen and oxygen atoms in total. The molecule has 0 aromatic carbocycles. The van der Waals surface area contributed by atoms with E-state index in [1.54, 1.807) is 6.08 Å². The van der Waals surface area contributed by atoms with Gasteiger partial charge in [0.2, 0.25) is 0 Å². The minimum atomic E-state index is 0.478. The van der Waals surface area contributed by atoms with Gasteiger partial charge in [-0.1, -0.05) is 39.3 Å². The van der Waals surface area contributed by atoms with Gasteiger partial charge in [0, 0.05) is 37.2 Å². The first kappa shape index (κ1) is 24.7. The number of H-pyrrole nitrogens is 1. The van der Waals surface area contributed by atoms with Gasteiger partial charge in [-0.15, -0.1) is 0 Å². The molecule has 2 N–H and O–H groups in total. The van der Waals surface area contributed by atoms with Gasteiger partial charge in [0.05, 0.1) is 16.9 Å². The van der Waals surface area contributed by atoms with Crippen LogP contribution in [0.1, 0.15) is 82.7 Å². The minimum Gasteiger partial charge on any atom is -0.340 e. The lowest BCUT2D eigenvalue weighted by Crippen LogP contribution is -2.34. The molecular formula is C25H38N6S. The fourth-order valence-corrected chi connectivity index (χ4v) is 5.14. The first-order chi connectivity index (χ1) is 15.7. The molecule has 2 fully saturated rings. The van der Waals surface area contributed by atoms with E-state index in [9.17, 15) is 0 Å². The molecule has 32 heavy (non-hydrogen) atoms. The van der Waals surface area contributed by atoms with E-state index in [-0.39, 0.29) is 0 Å². The van der Waals surface area contributed by atoms with Crippen LogP contribution in [0.2, 0.25) is 0 Å². The van der Waals surface area contributed by atoms with Crippen molar-refractivity contribution in [3.05, 3.63) is 42.4 Å². The zero-order valence-electron chi connectivity index (χ0n) is 19.6. The summed E-state index contributed by atoms with van der Waals surface area (Å²) in [5.74, 6) is 1.54. The number of nitrogens with one attached hydrogen (secondary N) is 2. The Labute approximate surface area is 197 Å². The summed E-state index contributed by atoms with van der Waals surface area (Å²) in [6.07, 6.45) is 13.5. The number of aliphatic imine (C=N–C) groups is 1. The average molecular weight is 455 g/mol. The smallest absolute Gasteiger partial charge is 0.178 e. The van der Waals surface area contributed by atoms with Gasteiger partial charge in [-0.3, -0.25) is 4.99 Å². The molecule has 3 heterocycles. The number of allylic oxidation sites excluding steroid dienone is 2. The maximum Gasteiger partial charge on any atom is 0.178 e. The van der Waals surface area contributed by atoms with Crippen LogP contribution in [-0.2, 0) is 0 Å². The van der Waals surface area contributed by atoms with Gasteiger partial charge in [-0.2, -0.15) is 0 Å². The number of aromatic amines is 1. The van der Waals surface area contributed by atoms with Crippen molar-refractivity contribution in [1.29, 1.82) is 0 Å². The standard InChI is InChI=1S/C22H30N6S.C3H8/c1-3-7-18(23-2)19-12-13-20-22(24-19)26-21(25-20)16-8-10-17(11-9-16)27-29-28-14-5-4-6-15-28;1-3-2/h3,7,12-13,16-17,27H,1-2,4-6,8-11,14-15H2,(H,24,25,26);3H2,1-2H3/b18-7-;. The summed E-state index contributed by atoms with van der Waals surface area (Å²) in [4.78, 5) is 17.0. The van der Waals surface area contributed by atoms with Crippen LogP contribution >= 0.6 is 12.1 Å². The second kappa shape index (κ2) is 12.9. The summed E-state index contributed by atoms with van der Waals surface area (Å²) in [6, 6.07) is 4.57. The largest absolute Gasteiger partial charge is 0.340 e. The third kappa shape index (κ3) is 6.77. The Kier molecular flexibility index (Phi) is 9.96. The van der Waals surface area contributed by atoms with Crippen molar-refractivity contribution in [3.8, 4) is 0 Å². The van der Waals surface area contributed by atoms with Crippen LogP contribution in [-0.4, -0.2) is 45.1 Å². The fraction of sp³-hybridized carbons (Fsp3) is 0.560. The van der Waals surface area contributed by atoms with E-state index < -0.39 is 0 Å². The number of hydrogen-bond donors (Lipinski definition) is 2. The second-order valence-corrected chi connectivity index (χ2v) is 9.52. The molecule has 2 aromatic heterocycles. The molecule has 2 aromatic rings. The Bertz CT molecular complexity index is 891. The third-order valence-corrected chi connectivity index (χ3v) is 6.91. The molecule has 4 rings (SSSR count). The van der Waals surface area contributed by atoms with E-state index in [0.717, 1.165) is 35.5 Å². The maximum absolute atomic E-state index is 4.80. The fourth-order valence-electron chi connectivity index (χ4n) is 4.17. The van der Waals surface area contributed by atoms with Crippen LogP contribution in [0.4, 0.5) is 0 Å². The third-order valence-electron chi connectivity index (χ3n) is 5.85. The molecule has 2 aliphatic rings. The molecule has 0 spiro atoms. The lowest BCUT2D eigenvalue weighted by Gasteiger charge is -2.31. The van der Waals surface area contributed by atoms with Gasteiger partial charge in [0.15, 0.2) is 5.65 Å². The zero-order chi connectivity index (χ0) is 22.8. The molecule has 1 saturated heterocycles. The SMILES string of the molecule is C=C/C=C(\N=C)c1ccc2[nH]c(C3CCC(NSN4CCCCC4)CC3)nc2n1.CCC. The molecule has 0 bridgehead atoms. The summed E-state index contributed by atoms with van der Waals surface area (Å²) in [5, 5.41) is 0. The number of hydrogen-bond acceptors (Lipinski definition) is 6. The predicted molar refractivity (Wildman–Crippen MR) is 139 cm³/mol. The van der Waals surface area contributed by atoms with Gasteiger partial charge in [0.25, 0.3) is 0 Å². The zero-order valence-corrected chi connectivity index (χ0v) is 20.5.